The van der Waals surface area contributed by atoms with E-state index in [0.717, 1.165) is 0 Å². The van der Waals surface area contributed by atoms with Gasteiger partial charge in [0, 0.05) is 0 Å². The molecular formula is C8H2F12O3. The van der Waals surface area contributed by atoms with Gasteiger partial charge in [-0.2, -0.15) is 48.3 Å². The van der Waals surface area contributed by atoms with Gasteiger partial charge in [0.25, 0.3) is 0 Å². The van der Waals surface area contributed by atoms with Gasteiger partial charge in [-0.25, -0.2) is 4.39 Å². The smallest absolute Gasteiger partial charge is 0.423 e. The fourth-order valence-corrected chi connectivity index (χ4v) is 1.36. The van der Waals surface area contributed by atoms with Crippen LogP contribution in [0.1, 0.15) is 0 Å². The van der Waals surface area contributed by atoms with Crippen molar-refractivity contribution in [3.8, 4) is 0 Å². The number of alkyl halides is 11. The zero-order valence-corrected chi connectivity index (χ0v) is 9.84. The van der Waals surface area contributed by atoms with Gasteiger partial charge < -0.3 is 10.2 Å². The number of carboxylic acid groups (broad SMARTS) is 1. The minimum Gasteiger partial charge on any atom is -0.480 e. The lowest BCUT2D eigenvalue weighted by Gasteiger charge is -2.33. The molecule has 3 nitrogen and oxygen atoms in total. The second kappa shape index (κ2) is 5.45. The molecule has 0 atom stereocenters. The fourth-order valence-electron chi connectivity index (χ4n) is 1.36. The minimum absolute atomic E-state index is 4.29. The molecule has 0 aliphatic carbocycles. The largest absolute Gasteiger partial charge is 0.480 e. The highest BCUT2D eigenvalue weighted by Crippen LogP contribution is 2.58. The van der Waals surface area contributed by atoms with Crippen LogP contribution < -0.4 is 0 Å². The standard InChI is InChI=1S/C8H2F12O3/c9-2(1(5(10,11)12)6(13,14)23)4(3(21)22,7(15,16)17)8(18,19)20/h23H,(H,21,22). The van der Waals surface area contributed by atoms with Crippen molar-refractivity contribution in [2.45, 2.75) is 24.6 Å². The Morgan fingerprint density at radius 2 is 1.04 bits per heavy atom. The summed E-state index contributed by atoms with van der Waals surface area (Å²) in [5, 5.41) is 15.8. The summed E-state index contributed by atoms with van der Waals surface area (Å²) in [4.78, 5) is 10.3. The third-order valence-corrected chi connectivity index (χ3v) is 2.30. The first-order valence-corrected chi connectivity index (χ1v) is 4.67. The van der Waals surface area contributed by atoms with Gasteiger partial charge in [0.1, 0.15) is 0 Å². The Hall–Kier alpha value is -1.67. The number of hydrogen-bond acceptors (Lipinski definition) is 2. The predicted octanol–water partition coefficient (Wildman–Crippen LogP) is 3.55. The molecule has 0 aromatic heterocycles. The zero-order valence-electron chi connectivity index (χ0n) is 9.84. The van der Waals surface area contributed by atoms with Crippen LogP contribution in [0.15, 0.2) is 11.4 Å². The molecular weight excluding hydrogens is 372 g/mol. The summed E-state index contributed by atoms with van der Waals surface area (Å²) in [6, 6.07) is 0. The first-order valence-electron chi connectivity index (χ1n) is 4.67. The van der Waals surface area contributed by atoms with Crippen LogP contribution in [-0.2, 0) is 4.79 Å². The molecule has 15 heteroatoms. The van der Waals surface area contributed by atoms with E-state index in [-0.39, 0.29) is 0 Å². The summed E-state index contributed by atoms with van der Waals surface area (Å²) in [5.74, 6) is -9.15. The van der Waals surface area contributed by atoms with E-state index >= 15 is 0 Å². The van der Waals surface area contributed by atoms with Gasteiger partial charge in [-0.15, -0.1) is 0 Å². The number of rotatable bonds is 3. The second-order valence-electron chi connectivity index (χ2n) is 3.78. The third-order valence-electron chi connectivity index (χ3n) is 2.30. The molecule has 0 bridgehead atoms. The summed E-state index contributed by atoms with van der Waals surface area (Å²) in [5.41, 5.74) is -11.6. The Balaban J connectivity index is 7.25. The maximum absolute atomic E-state index is 13.3. The van der Waals surface area contributed by atoms with Gasteiger partial charge in [-0.1, -0.05) is 0 Å². The van der Waals surface area contributed by atoms with Crippen molar-refractivity contribution in [3.05, 3.63) is 11.4 Å². The highest BCUT2D eigenvalue weighted by Gasteiger charge is 2.81. The Morgan fingerprint density at radius 1 is 0.739 bits per heavy atom. The van der Waals surface area contributed by atoms with E-state index in [2.05, 4.69) is 0 Å². The van der Waals surface area contributed by atoms with Crippen molar-refractivity contribution in [1.29, 1.82) is 0 Å². The molecule has 0 heterocycles. The van der Waals surface area contributed by atoms with Gasteiger partial charge in [0.15, 0.2) is 11.4 Å². The van der Waals surface area contributed by atoms with E-state index < -0.39 is 47.4 Å². The molecule has 0 fully saturated rings. The maximum Gasteiger partial charge on any atom is 0.423 e. The predicted molar refractivity (Wildman–Crippen MR) is 43.5 cm³/mol. The van der Waals surface area contributed by atoms with Gasteiger partial charge in [-0.05, 0) is 0 Å². The molecule has 0 aromatic rings. The molecule has 0 saturated heterocycles. The topological polar surface area (TPSA) is 57.5 Å². The van der Waals surface area contributed by atoms with Crippen molar-refractivity contribution in [3.63, 3.8) is 0 Å². The third kappa shape index (κ3) is 3.48. The maximum atomic E-state index is 13.3. The lowest BCUT2D eigenvalue weighted by atomic mass is 9.82. The zero-order chi connectivity index (χ0) is 19.2. The van der Waals surface area contributed by atoms with E-state index in [1.165, 1.54) is 0 Å². The summed E-state index contributed by atoms with van der Waals surface area (Å²) >= 11 is 0. The van der Waals surface area contributed by atoms with E-state index in [0.29, 0.717) is 0 Å². The summed E-state index contributed by atoms with van der Waals surface area (Å²) in [6.45, 7) is 0. The van der Waals surface area contributed by atoms with Gasteiger partial charge in [0.05, 0.1) is 0 Å². The minimum atomic E-state index is -7.34. The lowest BCUT2D eigenvalue weighted by molar-refractivity contribution is -0.324. The van der Waals surface area contributed by atoms with Crippen molar-refractivity contribution in [1.82, 2.24) is 0 Å². The summed E-state index contributed by atoms with van der Waals surface area (Å²) < 4.78 is 149. The Morgan fingerprint density at radius 3 is 1.17 bits per heavy atom. The van der Waals surface area contributed by atoms with E-state index in [1.54, 1.807) is 0 Å². The Bertz CT molecular complexity index is 472. The van der Waals surface area contributed by atoms with Gasteiger partial charge in [0.2, 0.25) is 0 Å². The number of aliphatic hydroxyl groups is 1. The number of carbonyl (C=O) groups is 1. The van der Waals surface area contributed by atoms with Crippen LogP contribution in [0.25, 0.3) is 0 Å². The van der Waals surface area contributed by atoms with Gasteiger partial charge >= 0.3 is 36.0 Å². The molecule has 136 valence electrons. The van der Waals surface area contributed by atoms with E-state index in [1.807, 2.05) is 0 Å². The molecule has 0 saturated carbocycles. The van der Waals surface area contributed by atoms with Crippen molar-refractivity contribution < 1.29 is 67.7 Å². The van der Waals surface area contributed by atoms with Crippen LogP contribution in [0.3, 0.4) is 0 Å². The van der Waals surface area contributed by atoms with E-state index in [9.17, 15) is 57.5 Å². The van der Waals surface area contributed by atoms with Crippen LogP contribution in [0.5, 0.6) is 0 Å². The molecule has 0 radical (unpaired) electrons. The van der Waals surface area contributed by atoms with Gasteiger partial charge in [-0.3, -0.25) is 4.79 Å². The molecule has 0 unspecified atom stereocenters. The number of aliphatic carboxylic acids is 1. The van der Waals surface area contributed by atoms with E-state index in [4.69, 9.17) is 10.2 Å². The van der Waals surface area contributed by atoms with Crippen LogP contribution >= 0.6 is 0 Å². The second-order valence-corrected chi connectivity index (χ2v) is 3.78. The molecule has 0 amide bonds. The van der Waals surface area contributed by atoms with Crippen molar-refractivity contribution in [2.24, 2.45) is 5.41 Å². The monoisotopic (exact) mass is 374 g/mol. The molecule has 2 N–H and O–H groups in total. The first-order chi connectivity index (χ1) is 9.72. The highest BCUT2D eigenvalue weighted by atomic mass is 19.4. The van der Waals surface area contributed by atoms with Crippen LogP contribution in [-0.4, -0.2) is 40.8 Å². The lowest BCUT2D eigenvalue weighted by Crippen LogP contribution is -2.57. The first kappa shape index (κ1) is 21.3. The molecule has 0 aromatic carbocycles. The summed E-state index contributed by atoms with van der Waals surface area (Å²) in [7, 11) is 0. The molecule has 23 heavy (non-hydrogen) atoms. The average Bonchev–Trinajstić information content (AvgIpc) is 2.04. The number of halogens is 12. The Kier molecular flexibility index (Phi) is 5.06. The molecule has 0 aliphatic rings. The molecule has 0 aliphatic heterocycles. The van der Waals surface area contributed by atoms with Crippen molar-refractivity contribution >= 4 is 5.97 Å². The quantitative estimate of drug-likeness (QED) is 0.743. The number of hydrogen-bond donors (Lipinski definition) is 2. The fraction of sp³-hybridized carbons (Fsp3) is 0.625. The molecule has 0 spiro atoms. The number of carboxylic acids is 1. The van der Waals surface area contributed by atoms with Crippen LogP contribution in [0, 0.1) is 5.41 Å². The van der Waals surface area contributed by atoms with Crippen LogP contribution in [0.4, 0.5) is 52.7 Å². The molecule has 0 rings (SSSR count). The summed E-state index contributed by atoms with van der Waals surface area (Å²) in [6.07, 6.45) is -28.2. The normalized spacial score (nSPS) is 16.2. The van der Waals surface area contributed by atoms with Crippen LogP contribution in [0.2, 0.25) is 0 Å². The SMILES string of the molecule is O=C(O)C(C(F)=C(C(O)(F)F)C(F)(F)F)(C(F)(F)F)C(F)(F)F. The Labute approximate surface area is 116 Å². The van der Waals surface area contributed by atoms with Crippen molar-refractivity contribution in [2.75, 3.05) is 0 Å². The average molecular weight is 374 g/mol. The highest BCUT2D eigenvalue weighted by molar-refractivity contribution is 5.81.